The van der Waals surface area contributed by atoms with Crippen LogP contribution in [0.2, 0.25) is 0 Å². The number of fused-ring (bicyclic) bond motifs is 1. The van der Waals surface area contributed by atoms with Gasteiger partial charge in [-0.3, -0.25) is 4.79 Å². The van der Waals surface area contributed by atoms with E-state index in [1.165, 1.54) is 0 Å². The van der Waals surface area contributed by atoms with Crippen LogP contribution in [-0.2, 0) is 19.4 Å². The van der Waals surface area contributed by atoms with Crippen molar-refractivity contribution in [3.05, 3.63) is 41.5 Å². The second kappa shape index (κ2) is 7.51. The van der Waals surface area contributed by atoms with Crippen LogP contribution in [0.4, 0.5) is 0 Å². The fraction of sp³-hybridized carbons (Fsp3) is 0.591. The first-order valence-electron chi connectivity index (χ1n) is 9.83. The molecule has 3 atom stereocenters. The molecule has 0 aromatic heterocycles. The van der Waals surface area contributed by atoms with Gasteiger partial charge in [0.1, 0.15) is 0 Å². The molecule has 1 aromatic rings. The van der Waals surface area contributed by atoms with Crippen molar-refractivity contribution in [2.24, 2.45) is 11.8 Å². The predicted octanol–water partition coefficient (Wildman–Crippen LogP) is 4.35. The number of hydrogen-bond acceptors (Lipinski definition) is 4. The maximum Gasteiger partial charge on any atom is 0.182 e. The molecule has 2 aliphatic carbocycles. The lowest BCUT2D eigenvalue weighted by molar-refractivity contribution is -0.117. The zero-order valence-corrected chi connectivity index (χ0v) is 17.5. The van der Waals surface area contributed by atoms with Gasteiger partial charge in [0.15, 0.2) is 15.6 Å². The molecule has 2 aliphatic rings. The third-order valence-corrected chi connectivity index (χ3v) is 7.31. The second-order valence-electron chi connectivity index (χ2n) is 8.71. The standard InChI is InChI=1S/C22H30O4S/c1-5-15-13-18-17(21(15)26-22(2,3)4)11-12-20(23)19(18)14-27(24,25)16-9-7-6-8-10-16/h6-10,15,17,21H,5,11-14H2,1-4H3/t15?,17?,21-/m1/s1. The molecule has 148 valence electrons. The van der Waals surface area contributed by atoms with Crippen LogP contribution in [0.5, 0.6) is 0 Å². The Morgan fingerprint density at radius 1 is 1.15 bits per heavy atom. The Morgan fingerprint density at radius 2 is 1.81 bits per heavy atom. The number of benzene rings is 1. The van der Waals surface area contributed by atoms with Gasteiger partial charge >= 0.3 is 0 Å². The molecule has 0 heterocycles. The van der Waals surface area contributed by atoms with Gasteiger partial charge in [0.2, 0.25) is 0 Å². The maximum atomic E-state index is 12.9. The average Bonchev–Trinajstić information content (AvgIpc) is 2.94. The third-order valence-electron chi connectivity index (χ3n) is 5.65. The Balaban J connectivity index is 1.96. The van der Waals surface area contributed by atoms with Gasteiger partial charge in [-0.25, -0.2) is 8.42 Å². The van der Waals surface area contributed by atoms with E-state index in [0.29, 0.717) is 17.9 Å². The molecule has 0 amide bonds. The second-order valence-corrected chi connectivity index (χ2v) is 10.7. The molecule has 0 radical (unpaired) electrons. The van der Waals surface area contributed by atoms with Crippen molar-refractivity contribution in [2.45, 2.75) is 70.0 Å². The molecule has 5 heteroatoms. The zero-order valence-electron chi connectivity index (χ0n) is 16.7. The number of rotatable bonds is 5. The Kier molecular flexibility index (Phi) is 5.64. The fourth-order valence-corrected chi connectivity index (χ4v) is 5.88. The number of hydrogen-bond donors (Lipinski definition) is 0. The minimum atomic E-state index is -3.53. The molecule has 0 aliphatic heterocycles. The fourth-order valence-electron chi connectivity index (χ4n) is 4.42. The van der Waals surface area contributed by atoms with E-state index < -0.39 is 9.84 Å². The number of carbonyl (C=O) groups excluding carboxylic acids is 1. The highest BCUT2D eigenvalue weighted by Crippen LogP contribution is 2.47. The van der Waals surface area contributed by atoms with Gasteiger partial charge < -0.3 is 4.74 Å². The Morgan fingerprint density at radius 3 is 2.41 bits per heavy atom. The van der Waals surface area contributed by atoms with Gasteiger partial charge in [0.25, 0.3) is 0 Å². The number of ketones is 1. The summed E-state index contributed by atoms with van der Waals surface area (Å²) in [6.07, 6.45) is 2.97. The van der Waals surface area contributed by atoms with Crippen LogP contribution in [0.3, 0.4) is 0 Å². The molecule has 4 nitrogen and oxygen atoms in total. The maximum absolute atomic E-state index is 12.9. The third kappa shape index (κ3) is 4.35. The molecule has 0 N–H and O–H groups in total. The zero-order chi connectivity index (χ0) is 19.8. The van der Waals surface area contributed by atoms with Gasteiger partial charge in [-0.2, -0.15) is 0 Å². The monoisotopic (exact) mass is 390 g/mol. The lowest BCUT2D eigenvalue weighted by Crippen LogP contribution is -2.35. The summed E-state index contributed by atoms with van der Waals surface area (Å²) in [5.41, 5.74) is 1.30. The lowest BCUT2D eigenvalue weighted by atomic mass is 9.83. The molecular formula is C22H30O4S. The first-order valence-corrected chi connectivity index (χ1v) is 11.5. The van der Waals surface area contributed by atoms with E-state index in [2.05, 4.69) is 27.7 Å². The van der Waals surface area contributed by atoms with Gasteiger partial charge in [-0.15, -0.1) is 0 Å². The Labute approximate surface area is 162 Å². The van der Waals surface area contributed by atoms with E-state index >= 15 is 0 Å². The lowest BCUT2D eigenvalue weighted by Gasteiger charge is -2.33. The summed E-state index contributed by atoms with van der Waals surface area (Å²) in [7, 11) is -3.53. The largest absolute Gasteiger partial charge is 0.372 e. The number of sulfone groups is 1. The highest BCUT2D eigenvalue weighted by atomic mass is 32.2. The van der Waals surface area contributed by atoms with Crippen molar-refractivity contribution in [1.82, 2.24) is 0 Å². The van der Waals surface area contributed by atoms with Crippen LogP contribution in [0.15, 0.2) is 46.4 Å². The average molecular weight is 391 g/mol. The first-order chi connectivity index (χ1) is 12.6. The van der Waals surface area contributed by atoms with E-state index in [4.69, 9.17) is 4.74 Å². The number of Topliss-reactive ketones (excluding diaryl/α,β-unsaturated/α-hetero) is 1. The van der Waals surface area contributed by atoms with E-state index in [1.807, 2.05) is 0 Å². The van der Waals surface area contributed by atoms with Gasteiger partial charge in [0.05, 0.1) is 22.4 Å². The highest BCUT2D eigenvalue weighted by molar-refractivity contribution is 7.91. The summed E-state index contributed by atoms with van der Waals surface area (Å²) < 4.78 is 32.1. The van der Waals surface area contributed by atoms with E-state index in [1.54, 1.807) is 30.3 Å². The highest BCUT2D eigenvalue weighted by Gasteiger charge is 2.45. The quantitative estimate of drug-likeness (QED) is 0.750. The normalized spacial score (nSPS) is 26.4. The molecule has 1 saturated carbocycles. The van der Waals surface area contributed by atoms with Crippen LogP contribution < -0.4 is 0 Å². The first kappa shape index (κ1) is 20.3. The molecule has 1 aromatic carbocycles. The van der Waals surface area contributed by atoms with Crippen LogP contribution in [0, 0.1) is 11.8 Å². The SMILES string of the molecule is CCC1CC2=C(CS(=O)(=O)c3ccccc3)C(=O)CCC2[C@@H]1OC(C)(C)C. The molecule has 1 fully saturated rings. The van der Waals surface area contributed by atoms with Crippen LogP contribution in [0.25, 0.3) is 0 Å². The minimum Gasteiger partial charge on any atom is -0.372 e. The smallest absolute Gasteiger partial charge is 0.182 e. The van der Waals surface area contributed by atoms with E-state index in [0.717, 1.165) is 24.8 Å². The Bertz CT molecular complexity index is 831. The van der Waals surface area contributed by atoms with Crippen molar-refractivity contribution >= 4 is 15.6 Å². The minimum absolute atomic E-state index is 0.00739. The van der Waals surface area contributed by atoms with Gasteiger partial charge in [-0.1, -0.05) is 37.1 Å². The van der Waals surface area contributed by atoms with Crippen LogP contribution in [0.1, 0.15) is 53.4 Å². The van der Waals surface area contributed by atoms with Crippen LogP contribution in [-0.4, -0.2) is 31.7 Å². The van der Waals surface area contributed by atoms with Crippen molar-refractivity contribution in [3.8, 4) is 0 Å². The molecule has 0 saturated heterocycles. The molecule has 0 bridgehead atoms. The van der Waals surface area contributed by atoms with Crippen LogP contribution >= 0.6 is 0 Å². The summed E-state index contributed by atoms with van der Waals surface area (Å²) in [6, 6.07) is 8.42. The van der Waals surface area contributed by atoms with Gasteiger partial charge in [-0.05, 0) is 51.7 Å². The summed E-state index contributed by atoms with van der Waals surface area (Å²) in [5.74, 6) is 0.296. The van der Waals surface area contributed by atoms with Crippen molar-refractivity contribution in [2.75, 3.05) is 5.75 Å². The molecule has 27 heavy (non-hydrogen) atoms. The molecule has 2 unspecified atom stereocenters. The number of ether oxygens (including phenoxy) is 1. The predicted molar refractivity (Wildman–Crippen MR) is 106 cm³/mol. The van der Waals surface area contributed by atoms with Gasteiger partial charge in [0, 0.05) is 17.9 Å². The summed E-state index contributed by atoms with van der Waals surface area (Å²) >= 11 is 0. The molecule has 0 spiro atoms. The van der Waals surface area contributed by atoms with Crippen molar-refractivity contribution in [1.29, 1.82) is 0 Å². The number of carbonyl (C=O) groups is 1. The Hall–Kier alpha value is -1.46. The van der Waals surface area contributed by atoms with Crippen molar-refractivity contribution in [3.63, 3.8) is 0 Å². The van der Waals surface area contributed by atoms with E-state index in [-0.39, 0.29) is 34.1 Å². The van der Waals surface area contributed by atoms with Crippen molar-refractivity contribution < 1.29 is 17.9 Å². The topological polar surface area (TPSA) is 60.4 Å². The summed E-state index contributed by atoms with van der Waals surface area (Å²) in [4.78, 5) is 12.9. The molecular weight excluding hydrogens is 360 g/mol. The summed E-state index contributed by atoms with van der Waals surface area (Å²) in [5, 5.41) is 0. The van der Waals surface area contributed by atoms with E-state index in [9.17, 15) is 13.2 Å². The molecule has 3 rings (SSSR count). The summed E-state index contributed by atoms with van der Waals surface area (Å²) in [6.45, 7) is 8.30.